The molecule has 3 nitrogen and oxygen atoms in total. The summed E-state index contributed by atoms with van der Waals surface area (Å²) in [6, 6.07) is 0.516. The van der Waals surface area contributed by atoms with E-state index < -0.39 is 5.97 Å². The Balaban J connectivity index is 2.66. The summed E-state index contributed by atoms with van der Waals surface area (Å²) in [5.41, 5.74) is 2.43. The van der Waals surface area contributed by atoms with Crippen LogP contribution in [0.1, 0.15) is 60.4 Å². The fraction of sp³-hybridized carbons (Fsp3) is 0.583. The Morgan fingerprint density at radius 3 is 2.44 bits per heavy atom. The first-order valence-electron chi connectivity index (χ1n) is 5.58. The zero-order chi connectivity index (χ0) is 12.0. The Hall–Kier alpha value is -0.770. The number of carboxylic acids is 1. The minimum absolute atomic E-state index is 0.335. The molecule has 16 heavy (non-hydrogen) atoms. The standard InChI is InChI=1S/C12H16BrNO2/c1-6(2)11-10(13)9(12(15)16)7(3)14(11)8-4-5-8/h6,8H,4-5H2,1-3H3,(H,15,16). The second-order valence-electron chi connectivity index (χ2n) is 4.72. The van der Waals surface area contributed by atoms with Crippen molar-refractivity contribution < 1.29 is 9.90 Å². The number of aromatic carboxylic acids is 1. The molecule has 0 saturated heterocycles. The first kappa shape index (κ1) is 11.7. The number of halogens is 1. The highest BCUT2D eigenvalue weighted by atomic mass is 79.9. The van der Waals surface area contributed by atoms with Crippen LogP contribution in [0.2, 0.25) is 0 Å². The van der Waals surface area contributed by atoms with Gasteiger partial charge in [0.2, 0.25) is 0 Å². The predicted octanol–water partition coefficient (Wildman–Crippen LogP) is 3.72. The van der Waals surface area contributed by atoms with E-state index in [1.807, 2.05) is 6.92 Å². The van der Waals surface area contributed by atoms with Gasteiger partial charge in [-0.15, -0.1) is 0 Å². The van der Waals surface area contributed by atoms with Crippen molar-refractivity contribution in [2.75, 3.05) is 0 Å². The van der Waals surface area contributed by atoms with E-state index in [4.69, 9.17) is 0 Å². The van der Waals surface area contributed by atoms with Gasteiger partial charge in [-0.3, -0.25) is 0 Å². The van der Waals surface area contributed by atoms with Crippen LogP contribution in [0.4, 0.5) is 0 Å². The average Bonchev–Trinajstić information content (AvgIpc) is 2.91. The van der Waals surface area contributed by atoms with Gasteiger partial charge in [0.25, 0.3) is 0 Å². The highest BCUT2D eigenvalue weighted by Crippen LogP contribution is 2.43. The molecule has 88 valence electrons. The summed E-state index contributed by atoms with van der Waals surface area (Å²) in [6.07, 6.45) is 2.33. The normalized spacial score (nSPS) is 15.8. The van der Waals surface area contributed by atoms with Crippen molar-refractivity contribution in [1.82, 2.24) is 4.57 Å². The predicted molar refractivity (Wildman–Crippen MR) is 66.2 cm³/mol. The summed E-state index contributed by atoms with van der Waals surface area (Å²) in [5.74, 6) is -0.507. The molecule has 0 amide bonds. The zero-order valence-electron chi connectivity index (χ0n) is 9.75. The topological polar surface area (TPSA) is 42.2 Å². The third kappa shape index (κ3) is 1.69. The minimum atomic E-state index is -0.842. The second kappa shape index (κ2) is 3.91. The summed E-state index contributed by atoms with van der Waals surface area (Å²) in [5, 5.41) is 9.22. The number of hydrogen-bond acceptors (Lipinski definition) is 1. The van der Waals surface area contributed by atoms with Crippen molar-refractivity contribution in [3.63, 3.8) is 0 Å². The lowest BCUT2D eigenvalue weighted by molar-refractivity contribution is 0.0695. The lowest BCUT2D eigenvalue weighted by Gasteiger charge is -2.13. The zero-order valence-corrected chi connectivity index (χ0v) is 11.3. The third-order valence-electron chi connectivity index (χ3n) is 3.10. The molecule has 1 aromatic heterocycles. The summed E-state index contributed by atoms with van der Waals surface area (Å²) in [6.45, 7) is 6.10. The second-order valence-corrected chi connectivity index (χ2v) is 5.51. The number of rotatable bonds is 3. The van der Waals surface area contributed by atoms with Crippen LogP contribution in [0.15, 0.2) is 4.47 Å². The molecular weight excluding hydrogens is 270 g/mol. The molecule has 1 heterocycles. The molecule has 1 aromatic rings. The molecule has 0 aromatic carbocycles. The van der Waals surface area contributed by atoms with E-state index >= 15 is 0 Å². The van der Waals surface area contributed by atoms with Crippen LogP contribution < -0.4 is 0 Å². The molecule has 0 bridgehead atoms. The lowest BCUT2D eigenvalue weighted by atomic mass is 10.1. The van der Waals surface area contributed by atoms with Gasteiger partial charge < -0.3 is 9.67 Å². The van der Waals surface area contributed by atoms with Crippen molar-refractivity contribution in [2.45, 2.75) is 45.6 Å². The quantitative estimate of drug-likeness (QED) is 0.920. The monoisotopic (exact) mass is 285 g/mol. The molecule has 1 aliphatic carbocycles. The number of hydrogen-bond donors (Lipinski definition) is 1. The maximum atomic E-state index is 11.2. The lowest BCUT2D eigenvalue weighted by Crippen LogP contribution is -2.05. The first-order valence-corrected chi connectivity index (χ1v) is 6.37. The van der Waals surface area contributed by atoms with E-state index in [0.29, 0.717) is 17.5 Å². The van der Waals surface area contributed by atoms with Crippen molar-refractivity contribution in [3.05, 3.63) is 21.4 Å². The Morgan fingerprint density at radius 2 is 2.06 bits per heavy atom. The van der Waals surface area contributed by atoms with Crippen LogP contribution in [-0.2, 0) is 0 Å². The molecule has 1 fully saturated rings. The van der Waals surface area contributed by atoms with Gasteiger partial charge in [0, 0.05) is 17.4 Å². The van der Waals surface area contributed by atoms with Crippen LogP contribution in [-0.4, -0.2) is 15.6 Å². The number of nitrogens with zero attached hydrogens (tertiary/aromatic N) is 1. The SMILES string of the molecule is Cc1c(C(=O)O)c(Br)c(C(C)C)n1C1CC1. The molecule has 0 radical (unpaired) electrons. The highest BCUT2D eigenvalue weighted by molar-refractivity contribution is 9.10. The van der Waals surface area contributed by atoms with Crippen molar-refractivity contribution in [2.24, 2.45) is 0 Å². The van der Waals surface area contributed by atoms with Crippen molar-refractivity contribution in [3.8, 4) is 0 Å². The molecule has 1 aliphatic rings. The van der Waals surface area contributed by atoms with Gasteiger partial charge in [-0.25, -0.2) is 4.79 Å². The summed E-state index contributed by atoms with van der Waals surface area (Å²) in [7, 11) is 0. The molecular formula is C12H16BrNO2. The summed E-state index contributed by atoms with van der Waals surface area (Å²) < 4.78 is 2.97. The molecule has 1 N–H and O–H groups in total. The summed E-state index contributed by atoms with van der Waals surface area (Å²) in [4.78, 5) is 11.2. The van der Waals surface area contributed by atoms with Crippen LogP contribution in [0.3, 0.4) is 0 Å². The molecule has 0 spiro atoms. The van der Waals surface area contributed by atoms with Gasteiger partial charge in [0.15, 0.2) is 0 Å². The summed E-state index contributed by atoms with van der Waals surface area (Å²) >= 11 is 3.45. The van der Waals surface area contributed by atoms with Crippen molar-refractivity contribution in [1.29, 1.82) is 0 Å². The Kier molecular flexibility index (Phi) is 2.86. The van der Waals surface area contributed by atoms with Gasteiger partial charge in [-0.2, -0.15) is 0 Å². The van der Waals surface area contributed by atoms with Crippen LogP contribution in [0, 0.1) is 6.92 Å². The largest absolute Gasteiger partial charge is 0.478 e. The molecule has 1 saturated carbocycles. The van der Waals surface area contributed by atoms with Gasteiger partial charge in [0.1, 0.15) is 0 Å². The minimum Gasteiger partial charge on any atom is -0.478 e. The molecule has 2 rings (SSSR count). The van der Waals surface area contributed by atoms with E-state index in [1.54, 1.807) is 0 Å². The maximum Gasteiger partial charge on any atom is 0.338 e. The molecule has 0 unspecified atom stereocenters. The number of carboxylic acid groups (broad SMARTS) is 1. The van der Waals surface area contributed by atoms with E-state index in [1.165, 1.54) is 12.8 Å². The van der Waals surface area contributed by atoms with Crippen molar-refractivity contribution >= 4 is 21.9 Å². The van der Waals surface area contributed by atoms with Crippen LogP contribution >= 0.6 is 15.9 Å². The van der Waals surface area contributed by atoms with E-state index in [9.17, 15) is 9.90 Å². The number of carbonyl (C=O) groups is 1. The average molecular weight is 286 g/mol. The van der Waals surface area contributed by atoms with E-state index in [0.717, 1.165) is 15.9 Å². The number of aromatic nitrogens is 1. The molecule has 4 heteroatoms. The Labute approximate surface area is 104 Å². The van der Waals surface area contributed by atoms with E-state index in [-0.39, 0.29) is 0 Å². The van der Waals surface area contributed by atoms with Gasteiger partial charge in [-0.05, 0) is 41.6 Å². The van der Waals surface area contributed by atoms with Gasteiger partial charge in [0.05, 0.1) is 10.0 Å². The smallest absolute Gasteiger partial charge is 0.338 e. The Morgan fingerprint density at radius 1 is 1.50 bits per heavy atom. The first-order chi connectivity index (χ1) is 7.45. The van der Waals surface area contributed by atoms with E-state index in [2.05, 4.69) is 34.3 Å². The van der Waals surface area contributed by atoms with Crippen LogP contribution in [0.25, 0.3) is 0 Å². The molecule has 0 atom stereocenters. The fourth-order valence-corrected chi connectivity index (χ4v) is 3.38. The van der Waals surface area contributed by atoms with Gasteiger partial charge >= 0.3 is 5.97 Å². The van der Waals surface area contributed by atoms with Gasteiger partial charge in [-0.1, -0.05) is 13.8 Å². The third-order valence-corrected chi connectivity index (χ3v) is 3.90. The maximum absolute atomic E-state index is 11.2. The Bertz CT molecular complexity index is 419. The van der Waals surface area contributed by atoms with Crippen LogP contribution in [0.5, 0.6) is 0 Å². The fourth-order valence-electron chi connectivity index (χ4n) is 2.28. The highest BCUT2D eigenvalue weighted by Gasteiger charge is 2.33. The molecule has 0 aliphatic heterocycles.